The number of ether oxygens (including phenoxy) is 1. The van der Waals surface area contributed by atoms with Crippen LogP contribution in [0.25, 0.3) is 0 Å². The maximum Gasteiger partial charge on any atom is 0.221 e. The van der Waals surface area contributed by atoms with E-state index < -0.39 is 0 Å². The summed E-state index contributed by atoms with van der Waals surface area (Å²) in [4.78, 5) is 18.8. The van der Waals surface area contributed by atoms with E-state index in [0.717, 1.165) is 51.8 Å². The molecule has 0 aromatic carbocycles. The van der Waals surface area contributed by atoms with Crippen molar-refractivity contribution in [2.24, 2.45) is 4.99 Å². The van der Waals surface area contributed by atoms with Crippen LogP contribution in [0.3, 0.4) is 0 Å². The summed E-state index contributed by atoms with van der Waals surface area (Å²) in [5, 5.41) is 9.36. The number of aliphatic imine (C=N–C) groups is 1. The van der Waals surface area contributed by atoms with E-state index >= 15 is 0 Å². The molecule has 0 aromatic heterocycles. The lowest BCUT2D eigenvalue weighted by Crippen LogP contribution is -2.52. The van der Waals surface area contributed by atoms with Gasteiger partial charge >= 0.3 is 0 Å². The maximum absolute atomic E-state index is 11.6. The van der Waals surface area contributed by atoms with Crippen molar-refractivity contribution < 1.29 is 9.53 Å². The Morgan fingerprint density at radius 3 is 2.46 bits per heavy atom. The topological polar surface area (TPSA) is 78.0 Å². The van der Waals surface area contributed by atoms with Crippen molar-refractivity contribution in [3.05, 3.63) is 0 Å². The van der Waals surface area contributed by atoms with E-state index in [1.807, 2.05) is 13.8 Å². The summed E-state index contributed by atoms with van der Waals surface area (Å²) >= 11 is 0. The molecule has 0 radical (unpaired) electrons. The molecule has 0 aromatic rings. The summed E-state index contributed by atoms with van der Waals surface area (Å²) in [5.41, 5.74) is -0.00929. The average molecular weight is 342 g/mol. The van der Waals surface area contributed by atoms with Crippen molar-refractivity contribution in [3.8, 4) is 0 Å². The van der Waals surface area contributed by atoms with Crippen LogP contribution < -0.4 is 16.0 Å². The van der Waals surface area contributed by atoms with Gasteiger partial charge in [-0.05, 0) is 27.2 Å². The lowest BCUT2D eigenvalue weighted by atomic mass is 10.0. The standard InChI is InChI=1S/C17H35N5O2/c1-5-8-19-15(23)7-9-20-16(18-6-2)21-14-17(3,4)22-10-12-24-13-11-22/h5-14H2,1-4H3,(H,19,23)(H2,18,20,21). The molecule has 0 spiro atoms. The predicted octanol–water partition coefficient (Wildman–Crippen LogP) is 0.569. The molecule has 1 rings (SSSR count). The largest absolute Gasteiger partial charge is 0.379 e. The first-order chi connectivity index (χ1) is 11.5. The SMILES string of the molecule is CCCNC(=O)CCNC(=NCC(C)(C)N1CCOCC1)NCC. The summed E-state index contributed by atoms with van der Waals surface area (Å²) < 4.78 is 5.42. The highest BCUT2D eigenvalue weighted by atomic mass is 16.5. The summed E-state index contributed by atoms with van der Waals surface area (Å²) in [6.45, 7) is 14.8. The van der Waals surface area contributed by atoms with Gasteiger partial charge in [-0.15, -0.1) is 0 Å². The number of nitrogens with zero attached hydrogens (tertiary/aromatic N) is 2. The van der Waals surface area contributed by atoms with Gasteiger partial charge in [0.2, 0.25) is 5.91 Å². The first-order valence-electron chi connectivity index (χ1n) is 9.11. The number of amides is 1. The van der Waals surface area contributed by atoms with E-state index in [1.54, 1.807) is 0 Å². The van der Waals surface area contributed by atoms with Crippen LogP contribution in [0.5, 0.6) is 0 Å². The van der Waals surface area contributed by atoms with Crippen LogP contribution in [0.4, 0.5) is 0 Å². The van der Waals surface area contributed by atoms with E-state index in [1.165, 1.54) is 0 Å². The lowest BCUT2D eigenvalue weighted by Gasteiger charge is -2.39. The van der Waals surface area contributed by atoms with Gasteiger partial charge in [-0.25, -0.2) is 0 Å². The minimum absolute atomic E-state index is 0.00929. The molecule has 1 aliphatic rings. The molecule has 0 bridgehead atoms. The molecule has 0 unspecified atom stereocenters. The van der Waals surface area contributed by atoms with Crippen molar-refractivity contribution in [3.63, 3.8) is 0 Å². The van der Waals surface area contributed by atoms with Gasteiger partial charge in [0.1, 0.15) is 0 Å². The van der Waals surface area contributed by atoms with Crippen molar-refractivity contribution >= 4 is 11.9 Å². The van der Waals surface area contributed by atoms with Crippen molar-refractivity contribution in [2.75, 3.05) is 52.5 Å². The zero-order chi connectivity index (χ0) is 17.8. The van der Waals surface area contributed by atoms with E-state index in [2.05, 4.69) is 34.7 Å². The minimum Gasteiger partial charge on any atom is -0.379 e. The van der Waals surface area contributed by atoms with Crippen molar-refractivity contribution in [1.29, 1.82) is 0 Å². The second kappa shape index (κ2) is 11.3. The van der Waals surface area contributed by atoms with Crippen molar-refractivity contribution in [2.45, 2.75) is 46.1 Å². The van der Waals surface area contributed by atoms with Crippen LogP contribution in [-0.2, 0) is 9.53 Å². The Labute approximate surface area is 146 Å². The van der Waals surface area contributed by atoms with Gasteiger partial charge in [-0.3, -0.25) is 14.7 Å². The third-order valence-electron chi connectivity index (χ3n) is 4.05. The van der Waals surface area contributed by atoms with Crippen LogP contribution in [0.1, 0.15) is 40.5 Å². The molecular formula is C17H35N5O2. The molecule has 1 aliphatic heterocycles. The number of hydrogen-bond donors (Lipinski definition) is 3. The molecule has 1 fully saturated rings. The Balaban J connectivity index is 2.44. The summed E-state index contributed by atoms with van der Waals surface area (Å²) in [6, 6.07) is 0. The van der Waals surface area contributed by atoms with Gasteiger partial charge in [-0.2, -0.15) is 0 Å². The Kier molecular flexibility index (Phi) is 9.71. The molecule has 3 N–H and O–H groups in total. The van der Waals surface area contributed by atoms with Gasteiger partial charge in [0.05, 0.1) is 19.8 Å². The van der Waals surface area contributed by atoms with Crippen LogP contribution in [0, 0.1) is 0 Å². The zero-order valence-corrected chi connectivity index (χ0v) is 15.8. The molecule has 0 saturated carbocycles. The number of morpholine rings is 1. The summed E-state index contributed by atoms with van der Waals surface area (Å²) in [5.74, 6) is 0.843. The second-order valence-corrected chi connectivity index (χ2v) is 6.63. The van der Waals surface area contributed by atoms with E-state index in [0.29, 0.717) is 19.5 Å². The first-order valence-corrected chi connectivity index (χ1v) is 9.11. The third-order valence-corrected chi connectivity index (χ3v) is 4.05. The minimum atomic E-state index is -0.00929. The normalized spacial score (nSPS) is 16.8. The number of carbonyl (C=O) groups excluding carboxylic acids is 1. The number of carbonyl (C=O) groups is 1. The lowest BCUT2D eigenvalue weighted by molar-refractivity contribution is -0.120. The van der Waals surface area contributed by atoms with Gasteiger partial charge in [0.25, 0.3) is 0 Å². The molecular weight excluding hydrogens is 306 g/mol. The highest BCUT2D eigenvalue weighted by Gasteiger charge is 2.28. The van der Waals surface area contributed by atoms with Gasteiger partial charge in [0.15, 0.2) is 5.96 Å². The van der Waals surface area contributed by atoms with Gasteiger partial charge in [-0.1, -0.05) is 6.92 Å². The molecule has 1 amide bonds. The van der Waals surface area contributed by atoms with Crippen LogP contribution in [0.15, 0.2) is 4.99 Å². The molecule has 7 nitrogen and oxygen atoms in total. The predicted molar refractivity (Wildman–Crippen MR) is 98.4 cm³/mol. The maximum atomic E-state index is 11.6. The Morgan fingerprint density at radius 1 is 1.12 bits per heavy atom. The Morgan fingerprint density at radius 2 is 1.83 bits per heavy atom. The smallest absolute Gasteiger partial charge is 0.221 e. The monoisotopic (exact) mass is 341 g/mol. The summed E-state index contributed by atoms with van der Waals surface area (Å²) in [7, 11) is 0. The summed E-state index contributed by atoms with van der Waals surface area (Å²) in [6.07, 6.45) is 1.41. The Hall–Kier alpha value is -1.34. The molecule has 1 saturated heterocycles. The molecule has 1 heterocycles. The Bertz CT molecular complexity index is 392. The van der Waals surface area contributed by atoms with Crippen LogP contribution >= 0.6 is 0 Å². The van der Waals surface area contributed by atoms with Crippen LogP contribution in [-0.4, -0.2) is 74.8 Å². The molecule has 0 aliphatic carbocycles. The number of guanidine groups is 1. The van der Waals surface area contributed by atoms with E-state index in [-0.39, 0.29) is 11.4 Å². The van der Waals surface area contributed by atoms with E-state index in [9.17, 15) is 4.79 Å². The molecule has 0 atom stereocenters. The molecule has 24 heavy (non-hydrogen) atoms. The first kappa shape index (κ1) is 20.7. The van der Waals surface area contributed by atoms with E-state index in [4.69, 9.17) is 9.73 Å². The fraction of sp³-hybridized carbons (Fsp3) is 0.882. The fourth-order valence-corrected chi connectivity index (χ4v) is 2.53. The quantitative estimate of drug-likeness (QED) is 0.422. The highest BCUT2D eigenvalue weighted by molar-refractivity contribution is 5.81. The number of rotatable bonds is 9. The van der Waals surface area contributed by atoms with Gasteiger partial charge in [0, 0.05) is 44.7 Å². The van der Waals surface area contributed by atoms with Crippen LogP contribution in [0.2, 0.25) is 0 Å². The number of hydrogen-bond acceptors (Lipinski definition) is 4. The fourth-order valence-electron chi connectivity index (χ4n) is 2.53. The highest BCUT2D eigenvalue weighted by Crippen LogP contribution is 2.16. The van der Waals surface area contributed by atoms with Gasteiger partial charge < -0.3 is 20.7 Å². The third kappa shape index (κ3) is 7.97. The van der Waals surface area contributed by atoms with Crippen molar-refractivity contribution in [1.82, 2.24) is 20.9 Å². The molecule has 140 valence electrons. The molecule has 7 heteroatoms. The second-order valence-electron chi connectivity index (χ2n) is 6.63. The number of nitrogens with one attached hydrogen (secondary N) is 3. The zero-order valence-electron chi connectivity index (χ0n) is 15.8. The average Bonchev–Trinajstić information content (AvgIpc) is 2.58.